The molecule has 1 amide bonds. The van der Waals surface area contributed by atoms with E-state index >= 15 is 0 Å². The topological polar surface area (TPSA) is 75.3 Å². The molecule has 0 radical (unpaired) electrons. The van der Waals surface area contributed by atoms with Gasteiger partial charge in [0.25, 0.3) is 0 Å². The third-order valence-electron chi connectivity index (χ3n) is 3.24. The summed E-state index contributed by atoms with van der Waals surface area (Å²) in [4.78, 5) is 12.2. The summed E-state index contributed by atoms with van der Waals surface area (Å²) in [6.07, 6.45) is 1.15. The van der Waals surface area contributed by atoms with Crippen molar-refractivity contribution in [1.29, 1.82) is 0 Å². The highest BCUT2D eigenvalue weighted by Gasteiger charge is 2.07. The molecule has 2 aromatic rings. The predicted molar refractivity (Wildman–Crippen MR) is 92.6 cm³/mol. The van der Waals surface area contributed by atoms with E-state index in [9.17, 15) is 13.2 Å². The van der Waals surface area contributed by atoms with E-state index in [1.54, 1.807) is 12.1 Å². The molecule has 0 aliphatic carbocycles. The van der Waals surface area contributed by atoms with Crippen molar-refractivity contribution < 1.29 is 13.2 Å². The number of hydrogen-bond donors (Lipinski definition) is 2. The molecule has 5 nitrogen and oxygen atoms in total. The first-order chi connectivity index (χ1) is 10.7. The zero-order valence-electron chi connectivity index (χ0n) is 13.4. The van der Waals surface area contributed by atoms with Gasteiger partial charge in [-0.15, -0.1) is 0 Å². The van der Waals surface area contributed by atoms with Crippen LogP contribution in [0.2, 0.25) is 0 Å². The Morgan fingerprint density at radius 1 is 0.957 bits per heavy atom. The van der Waals surface area contributed by atoms with Crippen LogP contribution < -0.4 is 10.6 Å². The lowest BCUT2D eigenvalue weighted by Crippen LogP contribution is -2.21. The molecule has 0 saturated heterocycles. The predicted octanol–water partition coefficient (Wildman–Crippen LogP) is 2.76. The molecule has 0 aliphatic rings. The lowest BCUT2D eigenvalue weighted by atomic mass is 10.1. The maximum Gasteiger partial charge on any atom is 0.243 e. The number of carbonyl (C=O) groups is 1. The average molecular weight is 332 g/mol. The second-order valence-corrected chi connectivity index (χ2v) is 7.59. The van der Waals surface area contributed by atoms with Crippen molar-refractivity contribution in [3.05, 3.63) is 53.6 Å². The summed E-state index contributed by atoms with van der Waals surface area (Å²) in [5.74, 6) is -0.198. The molecular weight excluding hydrogens is 312 g/mol. The Morgan fingerprint density at radius 3 is 2.04 bits per heavy atom. The summed E-state index contributed by atoms with van der Waals surface area (Å²) in [5.41, 5.74) is 3.71. The van der Waals surface area contributed by atoms with Crippen molar-refractivity contribution in [2.24, 2.45) is 0 Å². The first-order valence-corrected chi connectivity index (χ1v) is 9.05. The molecule has 6 heteroatoms. The van der Waals surface area contributed by atoms with Gasteiger partial charge in [-0.1, -0.05) is 6.07 Å². The fourth-order valence-corrected chi connectivity index (χ4v) is 2.88. The van der Waals surface area contributed by atoms with Gasteiger partial charge in [-0.25, -0.2) is 8.42 Å². The zero-order chi connectivity index (χ0) is 17.0. The van der Waals surface area contributed by atoms with Gasteiger partial charge in [0, 0.05) is 17.6 Å². The van der Waals surface area contributed by atoms with Gasteiger partial charge in [0.1, 0.15) is 0 Å². The number of hydrogen-bond acceptors (Lipinski definition) is 4. The number of benzene rings is 2. The molecule has 0 aliphatic heterocycles. The van der Waals surface area contributed by atoms with E-state index in [2.05, 4.69) is 16.7 Å². The molecule has 0 atom stereocenters. The highest BCUT2D eigenvalue weighted by Crippen LogP contribution is 2.15. The van der Waals surface area contributed by atoms with Gasteiger partial charge < -0.3 is 10.6 Å². The highest BCUT2D eigenvalue weighted by molar-refractivity contribution is 7.90. The normalized spacial score (nSPS) is 11.1. The molecule has 23 heavy (non-hydrogen) atoms. The summed E-state index contributed by atoms with van der Waals surface area (Å²) < 4.78 is 22.8. The summed E-state index contributed by atoms with van der Waals surface area (Å²) in [7, 11) is -3.23. The van der Waals surface area contributed by atoms with E-state index in [0.717, 1.165) is 23.1 Å². The van der Waals surface area contributed by atoms with Crippen LogP contribution in [-0.4, -0.2) is 27.1 Å². The first-order valence-electron chi connectivity index (χ1n) is 7.16. The van der Waals surface area contributed by atoms with Crippen molar-refractivity contribution in [1.82, 2.24) is 0 Å². The Morgan fingerprint density at radius 2 is 1.52 bits per heavy atom. The number of rotatable bonds is 5. The number of nitrogens with one attached hydrogen (secondary N) is 2. The smallest absolute Gasteiger partial charge is 0.243 e. The first kappa shape index (κ1) is 17.0. The molecule has 0 aromatic heterocycles. The molecule has 2 aromatic carbocycles. The lowest BCUT2D eigenvalue weighted by Gasteiger charge is -2.10. The van der Waals surface area contributed by atoms with E-state index in [1.807, 2.05) is 26.0 Å². The minimum absolute atomic E-state index is 0.136. The Labute approximate surface area is 136 Å². The maximum atomic E-state index is 11.9. The minimum atomic E-state index is -3.23. The van der Waals surface area contributed by atoms with Gasteiger partial charge in [-0.05, 0) is 61.4 Å². The largest absolute Gasteiger partial charge is 0.376 e. The quantitative estimate of drug-likeness (QED) is 0.883. The third kappa shape index (κ3) is 5.10. The van der Waals surface area contributed by atoms with Gasteiger partial charge >= 0.3 is 0 Å². The molecule has 0 heterocycles. The van der Waals surface area contributed by atoms with E-state index in [1.165, 1.54) is 12.1 Å². The zero-order valence-corrected chi connectivity index (χ0v) is 14.2. The Kier molecular flexibility index (Phi) is 5.05. The average Bonchev–Trinajstić information content (AvgIpc) is 2.44. The molecule has 0 bridgehead atoms. The van der Waals surface area contributed by atoms with Crippen LogP contribution >= 0.6 is 0 Å². The van der Waals surface area contributed by atoms with E-state index in [0.29, 0.717) is 5.69 Å². The van der Waals surface area contributed by atoms with Crippen LogP contribution in [0.4, 0.5) is 11.4 Å². The van der Waals surface area contributed by atoms with Crippen LogP contribution in [0.25, 0.3) is 0 Å². The number of amides is 1. The Balaban J connectivity index is 1.94. The molecule has 2 rings (SSSR count). The van der Waals surface area contributed by atoms with Crippen molar-refractivity contribution >= 4 is 27.1 Å². The van der Waals surface area contributed by atoms with Crippen LogP contribution in [-0.2, 0) is 14.6 Å². The third-order valence-corrected chi connectivity index (χ3v) is 4.37. The van der Waals surface area contributed by atoms with Gasteiger partial charge in [0.05, 0.1) is 11.4 Å². The van der Waals surface area contributed by atoms with Crippen LogP contribution in [0.1, 0.15) is 11.1 Å². The number of sulfone groups is 1. The summed E-state index contributed by atoms with van der Waals surface area (Å²) in [5, 5.41) is 5.80. The van der Waals surface area contributed by atoms with Gasteiger partial charge in [0.2, 0.25) is 5.91 Å². The molecule has 122 valence electrons. The number of carbonyl (C=O) groups excluding carboxylic acids is 1. The standard InChI is InChI=1S/C17H20N2O3S/c1-12-8-13(2)10-15(9-12)18-11-17(20)19-14-4-6-16(7-5-14)23(3,21)22/h4-10,18H,11H2,1-3H3,(H,19,20). The second kappa shape index (κ2) is 6.83. The summed E-state index contributed by atoms with van der Waals surface area (Å²) in [6.45, 7) is 4.14. The van der Waals surface area contributed by atoms with Crippen molar-refractivity contribution in [2.45, 2.75) is 18.7 Å². The van der Waals surface area contributed by atoms with Crippen LogP contribution in [0, 0.1) is 13.8 Å². The summed E-state index contributed by atoms with van der Waals surface area (Å²) >= 11 is 0. The summed E-state index contributed by atoms with van der Waals surface area (Å²) in [6, 6.07) is 12.1. The highest BCUT2D eigenvalue weighted by atomic mass is 32.2. The van der Waals surface area contributed by atoms with Crippen molar-refractivity contribution in [3.8, 4) is 0 Å². The van der Waals surface area contributed by atoms with E-state index in [4.69, 9.17) is 0 Å². The monoisotopic (exact) mass is 332 g/mol. The van der Waals surface area contributed by atoms with Crippen LogP contribution in [0.3, 0.4) is 0 Å². The van der Waals surface area contributed by atoms with Crippen molar-refractivity contribution in [2.75, 3.05) is 23.4 Å². The maximum absolute atomic E-state index is 11.9. The Hall–Kier alpha value is -2.34. The van der Waals surface area contributed by atoms with Gasteiger partial charge in [0.15, 0.2) is 9.84 Å². The fraction of sp³-hybridized carbons (Fsp3) is 0.235. The van der Waals surface area contributed by atoms with E-state index in [-0.39, 0.29) is 17.3 Å². The van der Waals surface area contributed by atoms with Crippen LogP contribution in [0.15, 0.2) is 47.4 Å². The number of anilines is 2. The molecule has 0 fully saturated rings. The van der Waals surface area contributed by atoms with Crippen LogP contribution in [0.5, 0.6) is 0 Å². The minimum Gasteiger partial charge on any atom is -0.376 e. The molecular formula is C17H20N2O3S. The van der Waals surface area contributed by atoms with E-state index < -0.39 is 9.84 Å². The van der Waals surface area contributed by atoms with Gasteiger partial charge in [-0.2, -0.15) is 0 Å². The molecule has 0 spiro atoms. The lowest BCUT2D eigenvalue weighted by molar-refractivity contribution is -0.114. The second-order valence-electron chi connectivity index (χ2n) is 5.57. The fourth-order valence-electron chi connectivity index (χ4n) is 2.25. The van der Waals surface area contributed by atoms with Gasteiger partial charge in [-0.3, -0.25) is 4.79 Å². The molecule has 2 N–H and O–H groups in total. The SMILES string of the molecule is Cc1cc(C)cc(NCC(=O)Nc2ccc(S(C)(=O)=O)cc2)c1. The number of aryl methyl sites for hydroxylation is 2. The Bertz CT molecular complexity index is 792. The molecule has 0 saturated carbocycles. The molecule has 0 unspecified atom stereocenters. The van der Waals surface area contributed by atoms with Crippen molar-refractivity contribution in [3.63, 3.8) is 0 Å².